The lowest BCUT2D eigenvalue weighted by Crippen LogP contribution is -2.47. The monoisotopic (exact) mass is 1320 g/mol. The molecule has 6 heterocycles. The Kier molecular flexibility index (Phi) is 56.4. The van der Waals surface area contributed by atoms with Crippen LogP contribution in [-0.2, 0) is 37.2 Å². The summed E-state index contributed by atoms with van der Waals surface area (Å²) < 4.78 is 5.84. The van der Waals surface area contributed by atoms with Gasteiger partial charge in [-0.25, -0.2) is 9.97 Å². The Balaban J connectivity index is -0.000000233. The molecule has 2 unspecified atom stereocenters. The van der Waals surface area contributed by atoms with Crippen molar-refractivity contribution in [2.45, 2.75) is 357 Å². The third-order valence-corrected chi connectivity index (χ3v) is 13.6. The lowest BCUT2D eigenvalue weighted by atomic mass is 9.80. The Morgan fingerprint density at radius 2 is 0.884 bits per heavy atom. The highest BCUT2D eigenvalue weighted by Crippen LogP contribution is 2.33. The number of aromatic nitrogens is 10. The zero-order valence-corrected chi connectivity index (χ0v) is 68.9. The molecule has 13 nitrogen and oxygen atoms in total. The molecule has 2 aliphatic rings. The van der Waals surface area contributed by atoms with Gasteiger partial charge in [0.05, 0.1) is 29.3 Å². The topological polar surface area (TPSA) is 170 Å². The minimum absolute atomic E-state index is 0.0139. The molecule has 2 atom stereocenters. The van der Waals surface area contributed by atoms with Crippen LogP contribution in [-0.4, -0.2) is 73.6 Å². The smallest absolute Gasteiger partial charge is 0.251 e. The van der Waals surface area contributed by atoms with Gasteiger partial charge in [-0.3, -0.25) is 19.7 Å². The van der Waals surface area contributed by atoms with Crippen LogP contribution >= 0.6 is 0 Å². The summed E-state index contributed by atoms with van der Waals surface area (Å²) in [4.78, 5) is 34.0. The number of nitrogens with one attached hydrogen (secondary N) is 2. The van der Waals surface area contributed by atoms with Crippen LogP contribution in [0, 0.1) is 11.8 Å². The van der Waals surface area contributed by atoms with E-state index in [2.05, 4.69) is 221 Å². The van der Waals surface area contributed by atoms with Crippen LogP contribution in [0.4, 0.5) is 0 Å². The minimum atomic E-state index is -0.0607. The number of H-pyrrole nitrogens is 1. The molecule has 546 valence electrons. The molecule has 8 rings (SSSR count). The summed E-state index contributed by atoms with van der Waals surface area (Å²) in [6, 6.07) is 14.4. The summed E-state index contributed by atoms with van der Waals surface area (Å²) >= 11 is 0. The van der Waals surface area contributed by atoms with Gasteiger partial charge in [-0.05, 0) is 162 Å². The van der Waals surface area contributed by atoms with Crippen molar-refractivity contribution in [3.05, 3.63) is 161 Å². The number of nitrogens with zero attached hydrogens (tertiary/aromatic N) is 9. The van der Waals surface area contributed by atoms with Crippen LogP contribution in [0.1, 0.15) is 335 Å². The molecule has 0 amide bonds. The fourth-order valence-electron chi connectivity index (χ4n) is 7.93. The highest BCUT2D eigenvalue weighted by Gasteiger charge is 2.28. The van der Waals surface area contributed by atoms with E-state index in [0.29, 0.717) is 12.1 Å². The summed E-state index contributed by atoms with van der Waals surface area (Å²) in [6.07, 6.45) is 30.0. The fourth-order valence-corrected chi connectivity index (χ4v) is 7.93. The van der Waals surface area contributed by atoms with Crippen LogP contribution in [0.2, 0.25) is 0 Å². The van der Waals surface area contributed by atoms with Gasteiger partial charge in [0.2, 0.25) is 0 Å². The highest BCUT2D eigenvalue weighted by atomic mass is 16.5. The lowest BCUT2D eigenvalue weighted by Gasteiger charge is -2.36. The molecule has 2 fully saturated rings. The van der Waals surface area contributed by atoms with E-state index in [-0.39, 0.29) is 49.2 Å². The largest absolute Gasteiger partial charge is 0.373 e. The minimum Gasteiger partial charge on any atom is -0.373 e. The second-order valence-corrected chi connectivity index (χ2v) is 30.1. The molecule has 2 N–H and O–H groups in total. The maximum atomic E-state index is 11.2. The Morgan fingerprint density at radius 3 is 1.15 bits per heavy atom. The van der Waals surface area contributed by atoms with Crippen molar-refractivity contribution in [1.82, 2.24) is 55.6 Å². The van der Waals surface area contributed by atoms with Crippen molar-refractivity contribution in [3.8, 4) is 0 Å². The number of hydrogen-bond acceptors (Lipinski definition) is 12. The summed E-state index contributed by atoms with van der Waals surface area (Å²) in [5.41, 5.74) is 7.70. The van der Waals surface area contributed by atoms with E-state index < -0.39 is 0 Å². The van der Waals surface area contributed by atoms with Gasteiger partial charge in [-0.1, -0.05) is 233 Å². The summed E-state index contributed by atoms with van der Waals surface area (Å²) in [6.45, 7) is 79.9. The molecule has 0 saturated heterocycles. The normalized spacial score (nSPS) is 13.1. The van der Waals surface area contributed by atoms with Crippen molar-refractivity contribution >= 4 is 0 Å². The fraction of sp³-hybridized carbons (Fsp3) is 0.683. The first-order valence-corrected chi connectivity index (χ1v) is 36.1. The molecule has 95 heavy (non-hydrogen) atoms. The molecule has 0 aliphatic heterocycles. The summed E-state index contributed by atoms with van der Waals surface area (Å²) in [7, 11) is 0. The van der Waals surface area contributed by atoms with Crippen molar-refractivity contribution in [2.75, 3.05) is 0 Å². The first-order chi connectivity index (χ1) is 44.0. The number of ether oxygens (including phenoxy) is 1. The third kappa shape index (κ3) is 53.1. The van der Waals surface area contributed by atoms with E-state index in [9.17, 15) is 4.79 Å². The maximum absolute atomic E-state index is 11.2. The predicted octanol–water partition coefficient (Wildman–Crippen LogP) is 22.9. The van der Waals surface area contributed by atoms with Gasteiger partial charge in [0.15, 0.2) is 0 Å². The SMILES string of the molecule is CC.CC.CC.CC.CC.CC.CC(C)(C)c1ccc[nH]c1=O.CC(C)(C)c1cccnc1.CC(C)(C)c1cccnn1.CC(C)(C)c1ccnnc1.CC(C)(C)c1cnccn1.CC(C)(C)c1cncnc1.CC(NC(C)(C)C)C1CCC1.CC(OC(C)(C)C)C1CCC1. The van der Waals surface area contributed by atoms with Gasteiger partial charge in [0.25, 0.3) is 5.56 Å². The van der Waals surface area contributed by atoms with Crippen LogP contribution in [0.15, 0.2) is 122 Å². The number of rotatable bonds is 4. The molecule has 13 heteroatoms. The van der Waals surface area contributed by atoms with Crippen LogP contribution in [0.5, 0.6) is 0 Å². The van der Waals surface area contributed by atoms with E-state index >= 15 is 0 Å². The maximum Gasteiger partial charge on any atom is 0.251 e. The van der Waals surface area contributed by atoms with Gasteiger partial charge in [-0.15, -0.1) is 0 Å². The highest BCUT2D eigenvalue weighted by molar-refractivity contribution is 5.19. The second kappa shape index (κ2) is 53.4. The molecular formula is C82H151N11O2. The number of hydrogen-bond donors (Lipinski definition) is 2. The molecule has 2 saturated carbocycles. The van der Waals surface area contributed by atoms with E-state index in [1.807, 2.05) is 159 Å². The molecule has 0 spiro atoms. The Morgan fingerprint density at radius 1 is 0.432 bits per heavy atom. The molecule has 0 radical (unpaired) electrons. The van der Waals surface area contributed by atoms with E-state index in [1.54, 1.807) is 55.9 Å². The van der Waals surface area contributed by atoms with Crippen molar-refractivity contribution in [1.29, 1.82) is 0 Å². The van der Waals surface area contributed by atoms with Crippen LogP contribution < -0.4 is 10.9 Å². The zero-order chi connectivity index (χ0) is 75.5. The zero-order valence-electron chi connectivity index (χ0n) is 68.9. The van der Waals surface area contributed by atoms with Crippen LogP contribution in [0.25, 0.3) is 0 Å². The van der Waals surface area contributed by atoms with E-state index in [4.69, 9.17) is 4.74 Å². The van der Waals surface area contributed by atoms with Gasteiger partial charge < -0.3 is 15.0 Å². The average molecular weight is 1320 g/mol. The van der Waals surface area contributed by atoms with E-state index in [1.165, 1.54) is 55.2 Å². The first kappa shape index (κ1) is 100. The van der Waals surface area contributed by atoms with E-state index in [0.717, 1.165) is 28.8 Å². The van der Waals surface area contributed by atoms with Gasteiger partial charge >= 0.3 is 0 Å². The quantitative estimate of drug-likeness (QED) is 0.171. The van der Waals surface area contributed by atoms with Gasteiger partial charge in [-0.2, -0.15) is 20.4 Å². The van der Waals surface area contributed by atoms with Gasteiger partial charge in [0.1, 0.15) is 6.33 Å². The number of aromatic amines is 1. The Labute approximate surface area is 587 Å². The molecule has 6 aromatic heterocycles. The molecule has 2 aliphatic carbocycles. The van der Waals surface area contributed by atoms with Crippen molar-refractivity contribution in [3.63, 3.8) is 0 Å². The average Bonchev–Trinajstić information content (AvgIpc) is 0.984. The first-order valence-electron chi connectivity index (χ1n) is 36.1. The summed E-state index contributed by atoms with van der Waals surface area (Å²) in [5.74, 6) is 1.79. The van der Waals surface area contributed by atoms with Crippen molar-refractivity contribution in [2.24, 2.45) is 11.8 Å². The van der Waals surface area contributed by atoms with Crippen LogP contribution in [0.3, 0.4) is 0 Å². The lowest BCUT2D eigenvalue weighted by molar-refractivity contribution is -0.0899. The van der Waals surface area contributed by atoms with Gasteiger partial charge in [0, 0.05) is 89.9 Å². The molecule has 0 aromatic carbocycles. The predicted molar refractivity (Wildman–Crippen MR) is 417 cm³/mol. The summed E-state index contributed by atoms with van der Waals surface area (Å²) in [5, 5.41) is 18.9. The molecule has 6 aromatic rings. The number of pyridine rings is 2. The molecular weight excluding hydrogens is 1170 g/mol. The Hall–Kier alpha value is -5.66. The third-order valence-electron chi connectivity index (χ3n) is 13.6. The molecule has 0 bridgehead atoms. The standard InChI is InChI=1S/C10H21N.C10H20O.C9H13NO.C9H13N.4C8H12N2.6C2H6/c2*1-8(9-6-5-7-9)11-10(2,3)4;1-9(2,3)7-5-4-6-10-8(7)11;1-9(2,3)8-5-4-6-10-7-8;1-8(2,3)7-4-9-6-10-5-7;1-8(2,3)7-6-9-4-5-10-7;1-8(2,3)7-4-5-9-10-6-7;1-8(2,3)7-5-4-6-9-10-7;6*1-2/h8-9,11H,5-7H2,1-4H3;8-9H,5-7H2,1-4H3;4-6H,1-3H3,(H,10,11);4-7H,1-3H3;4*4-6H,1-3H3;6*1-2H3. The van der Waals surface area contributed by atoms with Crippen molar-refractivity contribution < 1.29 is 4.74 Å². The second-order valence-electron chi connectivity index (χ2n) is 30.1. The Bertz CT molecular complexity index is 2320.